The summed E-state index contributed by atoms with van der Waals surface area (Å²) in [5, 5.41) is 3.57. The smallest absolute Gasteiger partial charge is 0.0107 e. The molecule has 1 aromatic carbocycles. The third kappa shape index (κ3) is 2.45. The van der Waals surface area contributed by atoms with Crippen molar-refractivity contribution in [2.24, 2.45) is 0 Å². The number of nitrogens with zero attached hydrogens (tertiary/aromatic N) is 1. The second-order valence-electron chi connectivity index (χ2n) is 5.10. The van der Waals surface area contributed by atoms with Gasteiger partial charge in [0.05, 0.1) is 0 Å². The van der Waals surface area contributed by atoms with Crippen molar-refractivity contribution >= 4 is 0 Å². The average Bonchev–Trinajstić information content (AvgIpc) is 3.06. The van der Waals surface area contributed by atoms with Crippen LogP contribution in [0.5, 0.6) is 0 Å². The lowest BCUT2D eigenvalue weighted by atomic mass is 9.92. The first-order valence-electron chi connectivity index (χ1n) is 6.42. The molecule has 16 heavy (non-hydrogen) atoms. The topological polar surface area (TPSA) is 15.3 Å². The highest BCUT2D eigenvalue weighted by Gasteiger charge is 2.27. The van der Waals surface area contributed by atoms with E-state index in [0.717, 1.165) is 12.0 Å². The van der Waals surface area contributed by atoms with Crippen LogP contribution >= 0.6 is 0 Å². The van der Waals surface area contributed by atoms with Crippen molar-refractivity contribution in [1.29, 1.82) is 0 Å². The van der Waals surface area contributed by atoms with E-state index in [4.69, 9.17) is 0 Å². The highest BCUT2D eigenvalue weighted by molar-refractivity contribution is 5.22. The van der Waals surface area contributed by atoms with E-state index in [1.165, 1.54) is 44.6 Å². The van der Waals surface area contributed by atoms with Crippen molar-refractivity contribution in [2.45, 2.75) is 24.8 Å². The Labute approximate surface area is 97.6 Å². The SMILES string of the molecule is c1ccc(C2CN(CCNC3CC3)C2)cc1. The van der Waals surface area contributed by atoms with Gasteiger partial charge < -0.3 is 10.2 Å². The average molecular weight is 216 g/mol. The molecule has 3 rings (SSSR count). The molecule has 1 aliphatic heterocycles. The number of rotatable bonds is 5. The summed E-state index contributed by atoms with van der Waals surface area (Å²) in [5.74, 6) is 0.780. The molecule has 1 aliphatic carbocycles. The van der Waals surface area contributed by atoms with Gasteiger partial charge in [0, 0.05) is 38.1 Å². The van der Waals surface area contributed by atoms with Gasteiger partial charge in [-0.25, -0.2) is 0 Å². The summed E-state index contributed by atoms with van der Waals surface area (Å²) < 4.78 is 0. The monoisotopic (exact) mass is 216 g/mol. The lowest BCUT2D eigenvalue weighted by Crippen LogP contribution is -2.47. The Morgan fingerprint density at radius 2 is 1.88 bits per heavy atom. The Hall–Kier alpha value is -0.860. The number of likely N-dealkylation sites (tertiary alicyclic amines) is 1. The van der Waals surface area contributed by atoms with Crippen LogP contribution in [0.1, 0.15) is 24.3 Å². The fourth-order valence-corrected chi connectivity index (χ4v) is 2.40. The van der Waals surface area contributed by atoms with Gasteiger partial charge in [0.1, 0.15) is 0 Å². The molecule has 2 heteroatoms. The molecule has 2 aliphatic rings. The largest absolute Gasteiger partial charge is 0.313 e. The Balaban J connectivity index is 1.37. The number of benzene rings is 1. The van der Waals surface area contributed by atoms with Crippen LogP contribution in [-0.2, 0) is 0 Å². The lowest BCUT2D eigenvalue weighted by molar-refractivity contribution is 0.149. The van der Waals surface area contributed by atoms with Crippen LogP contribution in [0.25, 0.3) is 0 Å². The van der Waals surface area contributed by atoms with E-state index < -0.39 is 0 Å². The predicted octanol–water partition coefficient (Wildman–Crippen LogP) is 1.84. The second kappa shape index (κ2) is 4.56. The molecule has 0 bridgehead atoms. The maximum absolute atomic E-state index is 3.57. The first-order valence-corrected chi connectivity index (χ1v) is 6.42. The molecular formula is C14H20N2. The first kappa shape index (κ1) is 10.3. The molecule has 86 valence electrons. The van der Waals surface area contributed by atoms with Gasteiger partial charge in [0.25, 0.3) is 0 Å². The van der Waals surface area contributed by atoms with Crippen molar-refractivity contribution in [3.8, 4) is 0 Å². The fraction of sp³-hybridized carbons (Fsp3) is 0.571. The van der Waals surface area contributed by atoms with E-state index in [1.807, 2.05) is 0 Å². The van der Waals surface area contributed by atoms with Gasteiger partial charge in [-0.1, -0.05) is 30.3 Å². The van der Waals surface area contributed by atoms with Crippen LogP contribution in [-0.4, -0.2) is 37.1 Å². The fourth-order valence-electron chi connectivity index (χ4n) is 2.40. The molecule has 1 N–H and O–H groups in total. The molecule has 0 spiro atoms. The van der Waals surface area contributed by atoms with E-state index in [-0.39, 0.29) is 0 Å². The van der Waals surface area contributed by atoms with Gasteiger partial charge in [0.15, 0.2) is 0 Å². The number of hydrogen-bond donors (Lipinski definition) is 1. The van der Waals surface area contributed by atoms with Gasteiger partial charge in [0.2, 0.25) is 0 Å². The van der Waals surface area contributed by atoms with Crippen molar-refractivity contribution in [3.05, 3.63) is 35.9 Å². The quantitative estimate of drug-likeness (QED) is 0.808. The third-order valence-corrected chi connectivity index (χ3v) is 3.67. The first-order chi connectivity index (χ1) is 7.92. The molecule has 1 aromatic rings. The standard InChI is InChI=1S/C14H20N2/c1-2-4-12(5-3-1)13-10-16(11-13)9-8-15-14-6-7-14/h1-5,13-15H,6-11H2. The summed E-state index contributed by atoms with van der Waals surface area (Å²) in [6.45, 7) is 4.89. The Kier molecular flexibility index (Phi) is 2.94. The van der Waals surface area contributed by atoms with E-state index in [0.29, 0.717) is 0 Å². The Morgan fingerprint density at radius 3 is 2.56 bits per heavy atom. The molecule has 0 atom stereocenters. The summed E-state index contributed by atoms with van der Waals surface area (Å²) >= 11 is 0. The predicted molar refractivity (Wildman–Crippen MR) is 66.6 cm³/mol. The minimum Gasteiger partial charge on any atom is -0.313 e. The second-order valence-corrected chi connectivity index (χ2v) is 5.10. The maximum atomic E-state index is 3.57. The third-order valence-electron chi connectivity index (χ3n) is 3.67. The minimum atomic E-state index is 0.780. The van der Waals surface area contributed by atoms with Gasteiger partial charge in [-0.15, -0.1) is 0 Å². The minimum absolute atomic E-state index is 0.780. The molecule has 1 heterocycles. The Bertz CT molecular complexity index is 326. The molecule has 1 saturated carbocycles. The van der Waals surface area contributed by atoms with Crippen molar-refractivity contribution in [1.82, 2.24) is 10.2 Å². The highest BCUT2D eigenvalue weighted by Crippen LogP contribution is 2.26. The van der Waals surface area contributed by atoms with E-state index in [1.54, 1.807) is 0 Å². The summed E-state index contributed by atoms with van der Waals surface area (Å²) in [7, 11) is 0. The highest BCUT2D eigenvalue weighted by atomic mass is 15.2. The van der Waals surface area contributed by atoms with Crippen LogP contribution in [0, 0.1) is 0 Å². The molecule has 0 aromatic heterocycles. The maximum Gasteiger partial charge on any atom is 0.0107 e. The summed E-state index contributed by atoms with van der Waals surface area (Å²) in [6.07, 6.45) is 2.79. The normalized spacial score (nSPS) is 22.0. The van der Waals surface area contributed by atoms with Gasteiger partial charge >= 0.3 is 0 Å². The van der Waals surface area contributed by atoms with Crippen LogP contribution in [0.4, 0.5) is 0 Å². The van der Waals surface area contributed by atoms with Crippen LogP contribution in [0.15, 0.2) is 30.3 Å². The Morgan fingerprint density at radius 1 is 1.12 bits per heavy atom. The zero-order valence-corrected chi connectivity index (χ0v) is 9.73. The van der Waals surface area contributed by atoms with E-state index >= 15 is 0 Å². The van der Waals surface area contributed by atoms with Crippen LogP contribution < -0.4 is 5.32 Å². The summed E-state index contributed by atoms with van der Waals surface area (Å²) in [5.41, 5.74) is 1.51. The van der Waals surface area contributed by atoms with Crippen molar-refractivity contribution in [2.75, 3.05) is 26.2 Å². The van der Waals surface area contributed by atoms with Crippen molar-refractivity contribution < 1.29 is 0 Å². The van der Waals surface area contributed by atoms with Gasteiger partial charge in [-0.2, -0.15) is 0 Å². The molecule has 0 amide bonds. The zero-order chi connectivity index (χ0) is 10.8. The molecule has 1 saturated heterocycles. The van der Waals surface area contributed by atoms with E-state index in [9.17, 15) is 0 Å². The summed E-state index contributed by atoms with van der Waals surface area (Å²) in [4.78, 5) is 2.55. The molecular weight excluding hydrogens is 196 g/mol. The van der Waals surface area contributed by atoms with Crippen molar-refractivity contribution in [3.63, 3.8) is 0 Å². The molecule has 0 radical (unpaired) electrons. The zero-order valence-electron chi connectivity index (χ0n) is 9.73. The molecule has 2 fully saturated rings. The number of hydrogen-bond acceptors (Lipinski definition) is 2. The van der Waals surface area contributed by atoms with E-state index in [2.05, 4.69) is 40.5 Å². The number of nitrogens with one attached hydrogen (secondary N) is 1. The van der Waals surface area contributed by atoms with Gasteiger partial charge in [-0.3, -0.25) is 0 Å². The molecule has 0 unspecified atom stereocenters. The van der Waals surface area contributed by atoms with Crippen LogP contribution in [0.2, 0.25) is 0 Å². The van der Waals surface area contributed by atoms with Gasteiger partial charge in [-0.05, 0) is 18.4 Å². The summed E-state index contributed by atoms with van der Waals surface area (Å²) in [6, 6.07) is 11.7. The molecule has 2 nitrogen and oxygen atoms in total. The van der Waals surface area contributed by atoms with Crippen LogP contribution in [0.3, 0.4) is 0 Å². The lowest BCUT2D eigenvalue weighted by Gasteiger charge is -2.39.